The molecule has 0 aliphatic heterocycles. The Morgan fingerprint density at radius 2 is 1.95 bits per heavy atom. The topological polar surface area (TPSA) is 45.8 Å². The van der Waals surface area contributed by atoms with E-state index in [2.05, 4.69) is 20.9 Å². The zero-order valence-electron chi connectivity index (χ0n) is 11.7. The largest absolute Gasteiger partial charge is 0.309 e. The van der Waals surface area contributed by atoms with Gasteiger partial charge in [-0.2, -0.15) is 0 Å². The highest BCUT2D eigenvalue weighted by atomic mass is 79.9. The third kappa shape index (κ3) is 2.26. The van der Waals surface area contributed by atoms with Gasteiger partial charge in [-0.15, -0.1) is 0 Å². The number of hydrogen-bond donors (Lipinski definition) is 1. The van der Waals surface area contributed by atoms with Crippen LogP contribution in [0, 0.1) is 11.8 Å². The van der Waals surface area contributed by atoms with Crippen LogP contribution in [0.25, 0.3) is 11.3 Å². The number of nitrogens with one attached hydrogen (secondary N) is 1. The molecule has 2 fully saturated rings. The molecule has 3 nitrogen and oxygen atoms in total. The molecule has 1 heterocycles. The van der Waals surface area contributed by atoms with Crippen molar-refractivity contribution in [1.29, 1.82) is 0 Å². The van der Waals surface area contributed by atoms with Crippen LogP contribution in [-0.4, -0.2) is 9.97 Å². The van der Waals surface area contributed by atoms with Gasteiger partial charge in [-0.1, -0.05) is 36.8 Å². The summed E-state index contributed by atoms with van der Waals surface area (Å²) >= 11 is 3.39. The maximum Gasteiger partial charge on any atom is 0.265 e. The molecule has 1 N–H and O–H groups in total. The molecule has 3 unspecified atom stereocenters. The van der Waals surface area contributed by atoms with Gasteiger partial charge in [0.1, 0.15) is 10.3 Å². The molecule has 4 rings (SSSR count). The number of H-pyrrole nitrogens is 1. The van der Waals surface area contributed by atoms with E-state index in [0.29, 0.717) is 16.3 Å². The molecule has 3 atom stereocenters. The molecule has 2 aliphatic rings. The molecule has 4 heteroatoms. The molecule has 0 amide bonds. The normalized spacial score (nSPS) is 27.2. The number of fused-ring (bicyclic) bond motifs is 2. The van der Waals surface area contributed by atoms with Gasteiger partial charge in [0.05, 0.1) is 5.69 Å². The maximum atomic E-state index is 12.3. The van der Waals surface area contributed by atoms with Gasteiger partial charge in [0, 0.05) is 11.5 Å². The van der Waals surface area contributed by atoms with Gasteiger partial charge in [0.15, 0.2) is 0 Å². The van der Waals surface area contributed by atoms with E-state index < -0.39 is 0 Å². The van der Waals surface area contributed by atoms with Crippen molar-refractivity contribution in [1.82, 2.24) is 9.97 Å². The first-order chi connectivity index (χ1) is 10.2. The van der Waals surface area contributed by atoms with Crippen molar-refractivity contribution in [3.05, 3.63) is 51.0 Å². The second-order valence-electron chi connectivity index (χ2n) is 6.26. The Labute approximate surface area is 131 Å². The second kappa shape index (κ2) is 5.09. The smallest absolute Gasteiger partial charge is 0.265 e. The van der Waals surface area contributed by atoms with Crippen molar-refractivity contribution in [2.24, 2.45) is 11.8 Å². The van der Waals surface area contributed by atoms with Crippen molar-refractivity contribution < 1.29 is 0 Å². The first kappa shape index (κ1) is 13.3. The Balaban J connectivity index is 1.80. The SMILES string of the molecule is O=c1[nH]c(C2CC3CCC2C3)nc(-c2ccccc2)c1Br. The van der Waals surface area contributed by atoms with Gasteiger partial charge in [0.25, 0.3) is 5.56 Å². The fraction of sp³-hybridized carbons (Fsp3) is 0.412. The van der Waals surface area contributed by atoms with Crippen molar-refractivity contribution >= 4 is 15.9 Å². The lowest BCUT2D eigenvalue weighted by atomic mass is 9.88. The standard InChI is InChI=1S/C17H17BrN2O/c18-14-15(11-4-2-1-3-5-11)19-16(20-17(14)21)13-9-10-6-7-12(13)8-10/h1-5,10,12-13H,6-9H2,(H,19,20,21). The molecule has 1 aromatic heterocycles. The van der Waals surface area contributed by atoms with Crippen molar-refractivity contribution in [2.45, 2.75) is 31.6 Å². The Morgan fingerprint density at radius 3 is 2.62 bits per heavy atom. The molecule has 21 heavy (non-hydrogen) atoms. The zero-order valence-corrected chi connectivity index (χ0v) is 13.3. The van der Waals surface area contributed by atoms with Crippen LogP contribution < -0.4 is 5.56 Å². The van der Waals surface area contributed by atoms with E-state index in [1.165, 1.54) is 25.7 Å². The van der Waals surface area contributed by atoms with Crippen LogP contribution in [0.4, 0.5) is 0 Å². The molecule has 0 spiro atoms. The monoisotopic (exact) mass is 344 g/mol. The van der Waals surface area contributed by atoms with E-state index in [0.717, 1.165) is 23.0 Å². The summed E-state index contributed by atoms with van der Waals surface area (Å²) in [4.78, 5) is 20.1. The molecule has 0 radical (unpaired) electrons. The number of aromatic nitrogens is 2. The lowest BCUT2D eigenvalue weighted by Gasteiger charge is -2.21. The first-order valence-corrected chi connectivity index (χ1v) is 8.37. The molecule has 2 aromatic rings. The fourth-order valence-corrected chi connectivity index (χ4v) is 4.44. The quantitative estimate of drug-likeness (QED) is 0.891. The highest BCUT2D eigenvalue weighted by Gasteiger charge is 2.41. The third-order valence-corrected chi connectivity index (χ3v) is 5.75. The lowest BCUT2D eigenvalue weighted by molar-refractivity contribution is 0.405. The highest BCUT2D eigenvalue weighted by molar-refractivity contribution is 9.10. The number of aromatic amines is 1. The van der Waals surface area contributed by atoms with Crippen LogP contribution in [-0.2, 0) is 0 Å². The van der Waals surface area contributed by atoms with Gasteiger partial charge in [0.2, 0.25) is 0 Å². The molecule has 2 saturated carbocycles. The van der Waals surface area contributed by atoms with Gasteiger partial charge in [-0.25, -0.2) is 4.98 Å². The summed E-state index contributed by atoms with van der Waals surface area (Å²) in [7, 11) is 0. The van der Waals surface area contributed by atoms with E-state index in [-0.39, 0.29) is 5.56 Å². The van der Waals surface area contributed by atoms with Crippen LogP contribution >= 0.6 is 15.9 Å². The number of rotatable bonds is 2. The Morgan fingerprint density at radius 1 is 1.14 bits per heavy atom. The second-order valence-corrected chi connectivity index (χ2v) is 7.05. The van der Waals surface area contributed by atoms with Crippen molar-refractivity contribution in [2.75, 3.05) is 0 Å². The molecular formula is C17H17BrN2O. The Bertz CT molecular complexity index is 725. The number of hydrogen-bond acceptors (Lipinski definition) is 2. The average molecular weight is 345 g/mol. The number of benzene rings is 1. The summed E-state index contributed by atoms with van der Waals surface area (Å²) in [5.41, 5.74) is 1.68. The highest BCUT2D eigenvalue weighted by Crippen LogP contribution is 2.52. The number of halogens is 1. The van der Waals surface area contributed by atoms with Gasteiger partial charge >= 0.3 is 0 Å². The summed E-state index contributed by atoms with van der Waals surface area (Å²) in [6, 6.07) is 9.92. The summed E-state index contributed by atoms with van der Waals surface area (Å²) in [6.45, 7) is 0. The van der Waals surface area contributed by atoms with Gasteiger partial charge in [-0.3, -0.25) is 4.79 Å². The minimum atomic E-state index is -0.0679. The summed E-state index contributed by atoms with van der Waals surface area (Å²) in [5.74, 6) is 2.87. The van der Waals surface area contributed by atoms with Gasteiger partial charge < -0.3 is 4.98 Å². The number of nitrogens with zero attached hydrogens (tertiary/aromatic N) is 1. The molecule has 0 saturated heterocycles. The van der Waals surface area contributed by atoms with Crippen LogP contribution in [0.15, 0.2) is 39.6 Å². The summed E-state index contributed by atoms with van der Waals surface area (Å²) < 4.78 is 0.528. The van der Waals surface area contributed by atoms with Crippen LogP contribution in [0.3, 0.4) is 0 Å². The molecule has 1 aromatic carbocycles. The van der Waals surface area contributed by atoms with E-state index in [1.54, 1.807) is 0 Å². The Hall–Kier alpha value is -1.42. The van der Waals surface area contributed by atoms with E-state index in [4.69, 9.17) is 4.98 Å². The minimum absolute atomic E-state index is 0.0679. The fourth-order valence-electron chi connectivity index (χ4n) is 4.02. The summed E-state index contributed by atoms with van der Waals surface area (Å²) in [5, 5.41) is 0. The predicted molar refractivity (Wildman–Crippen MR) is 86.2 cm³/mol. The predicted octanol–water partition coefficient (Wildman–Crippen LogP) is 4.10. The minimum Gasteiger partial charge on any atom is -0.309 e. The molecule has 108 valence electrons. The molecule has 2 bridgehead atoms. The van der Waals surface area contributed by atoms with Crippen molar-refractivity contribution in [3.63, 3.8) is 0 Å². The van der Waals surface area contributed by atoms with E-state index in [1.807, 2.05) is 30.3 Å². The van der Waals surface area contributed by atoms with Gasteiger partial charge in [-0.05, 0) is 47.0 Å². The van der Waals surface area contributed by atoms with E-state index in [9.17, 15) is 4.79 Å². The van der Waals surface area contributed by atoms with Crippen LogP contribution in [0.2, 0.25) is 0 Å². The average Bonchev–Trinajstić information content (AvgIpc) is 3.13. The molecular weight excluding hydrogens is 328 g/mol. The molecule has 2 aliphatic carbocycles. The van der Waals surface area contributed by atoms with Crippen LogP contribution in [0.1, 0.15) is 37.4 Å². The lowest BCUT2D eigenvalue weighted by Crippen LogP contribution is -2.19. The summed E-state index contributed by atoms with van der Waals surface area (Å²) in [6.07, 6.45) is 5.14. The van der Waals surface area contributed by atoms with Crippen LogP contribution in [0.5, 0.6) is 0 Å². The third-order valence-electron chi connectivity index (χ3n) is 5.02. The van der Waals surface area contributed by atoms with Crippen molar-refractivity contribution in [3.8, 4) is 11.3 Å². The van der Waals surface area contributed by atoms with E-state index >= 15 is 0 Å². The zero-order chi connectivity index (χ0) is 14.4. The maximum absolute atomic E-state index is 12.3. The first-order valence-electron chi connectivity index (χ1n) is 7.57. The Kier molecular flexibility index (Phi) is 3.21.